The van der Waals surface area contributed by atoms with Crippen molar-refractivity contribution in [3.63, 3.8) is 0 Å². The summed E-state index contributed by atoms with van der Waals surface area (Å²) in [5.74, 6) is 0.737. The van der Waals surface area contributed by atoms with Crippen LogP contribution in [-0.4, -0.2) is 23.9 Å². The van der Waals surface area contributed by atoms with Gasteiger partial charge in [0.2, 0.25) is 11.8 Å². The zero-order valence-corrected chi connectivity index (χ0v) is 16.9. The van der Waals surface area contributed by atoms with Crippen LogP contribution in [0.3, 0.4) is 0 Å². The van der Waals surface area contributed by atoms with Gasteiger partial charge in [-0.25, -0.2) is 4.98 Å². The van der Waals surface area contributed by atoms with Crippen molar-refractivity contribution in [2.45, 2.75) is 25.2 Å². The van der Waals surface area contributed by atoms with Crippen molar-refractivity contribution in [2.24, 2.45) is 5.73 Å². The molecule has 0 saturated heterocycles. The first-order valence-corrected chi connectivity index (χ1v) is 9.77. The minimum Gasteiger partial charge on any atom is -0.497 e. The number of nitrogens with two attached hydrogens (primary N) is 1. The smallest absolute Gasteiger partial charge is 0.248 e. The van der Waals surface area contributed by atoms with E-state index in [1.807, 2.05) is 37.3 Å². The van der Waals surface area contributed by atoms with Crippen LogP contribution in [0.4, 0.5) is 5.82 Å². The maximum absolute atomic E-state index is 13.1. The fraction of sp³-hybridized carbons (Fsp3) is 0.208. The summed E-state index contributed by atoms with van der Waals surface area (Å²) < 4.78 is 5.21. The summed E-state index contributed by atoms with van der Waals surface area (Å²) in [4.78, 5) is 29.0. The van der Waals surface area contributed by atoms with Crippen LogP contribution in [0.25, 0.3) is 11.3 Å². The average molecular weight is 405 g/mol. The Hall–Kier alpha value is -3.67. The number of nitrogens with one attached hydrogen (secondary N) is 1. The Balaban J connectivity index is 0.00000181. The molecule has 156 valence electrons. The lowest BCUT2D eigenvalue weighted by Crippen LogP contribution is -2.28. The molecule has 0 aliphatic heterocycles. The lowest BCUT2D eigenvalue weighted by molar-refractivity contribution is -0.118. The number of rotatable bonds is 6. The van der Waals surface area contributed by atoms with Gasteiger partial charge in [0.1, 0.15) is 11.6 Å². The normalized spacial score (nSPS) is 14.1. The van der Waals surface area contributed by atoms with E-state index in [0.717, 1.165) is 41.0 Å². The third-order valence-electron chi connectivity index (χ3n) is 5.61. The van der Waals surface area contributed by atoms with Crippen molar-refractivity contribution in [3.8, 4) is 17.0 Å². The molecule has 6 heteroatoms. The number of anilines is 1. The van der Waals surface area contributed by atoms with Crippen LogP contribution in [0, 0.1) is 6.92 Å². The quantitative estimate of drug-likeness (QED) is 0.638. The fourth-order valence-electron chi connectivity index (χ4n) is 3.60. The van der Waals surface area contributed by atoms with E-state index in [2.05, 4.69) is 10.3 Å². The number of aryl methyl sites for hydroxylation is 1. The van der Waals surface area contributed by atoms with Crippen LogP contribution in [0.2, 0.25) is 0 Å². The Labute approximate surface area is 178 Å². The number of carbonyl (C=O) groups is 2. The van der Waals surface area contributed by atoms with Crippen LogP contribution < -0.4 is 15.8 Å². The van der Waals surface area contributed by atoms with Gasteiger partial charge in [-0.15, -0.1) is 0 Å². The summed E-state index contributed by atoms with van der Waals surface area (Å²) >= 11 is 0. The maximum atomic E-state index is 13.1. The number of nitrogens with zero attached hydrogens (tertiary/aromatic N) is 1. The van der Waals surface area contributed by atoms with E-state index in [1.165, 1.54) is 0 Å². The number of pyridine rings is 1. The van der Waals surface area contributed by atoms with Crippen molar-refractivity contribution in [1.82, 2.24) is 4.98 Å². The van der Waals surface area contributed by atoms with Gasteiger partial charge in [0.15, 0.2) is 0 Å². The lowest BCUT2D eigenvalue weighted by Gasteiger charge is -2.17. The third kappa shape index (κ3) is 3.64. The molecule has 0 spiro atoms. The van der Waals surface area contributed by atoms with Gasteiger partial charge in [-0.1, -0.05) is 30.3 Å². The molecule has 1 aliphatic rings. The highest BCUT2D eigenvalue weighted by Crippen LogP contribution is 2.49. The highest BCUT2D eigenvalue weighted by atomic mass is 16.5. The van der Waals surface area contributed by atoms with E-state index >= 15 is 0 Å². The molecule has 1 fully saturated rings. The molecular formula is C24H27N3O3. The third-order valence-corrected chi connectivity index (χ3v) is 5.61. The molecule has 1 aromatic heterocycles. The van der Waals surface area contributed by atoms with E-state index in [0.29, 0.717) is 11.4 Å². The second-order valence-electron chi connectivity index (χ2n) is 7.57. The van der Waals surface area contributed by atoms with Crippen molar-refractivity contribution in [1.29, 1.82) is 0 Å². The Morgan fingerprint density at radius 3 is 2.27 bits per heavy atom. The number of carbonyl (C=O) groups excluding carboxylic acids is 2. The molecule has 0 unspecified atom stereocenters. The van der Waals surface area contributed by atoms with Gasteiger partial charge in [-0.2, -0.15) is 0 Å². The Bertz CT molecular complexity index is 1110. The highest BCUT2D eigenvalue weighted by molar-refractivity contribution is 6.01. The molecule has 3 aromatic rings. The summed E-state index contributed by atoms with van der Waals surface area (Å²) in [5, 5.41) is 2.98. The number of hydrogen-bond acceptors (Lipinski definition) is 4. The molecule has 0 bridgehead atoms. The monoisotopic (exact) mass is 405 g/mol. The molecule has 3 N–H and O–H groups in total. The van der Waals surface area contributed by atoms with E-state index < -0.39 is 11.3 Å². The maximum Gasteiger partial charge on any atom is 0.248 e. The molecule has 2 amide bonds. The number of amides is 2. The first kappa shape index (κ1) is 19.6. The topological polar surface area (TPSA) is 94.3 Å². The second-order valence-corrected chi connectivity index (χ2v) is 7.57. The van der Waals surface area contributed by atoms with Crippen LogP contribution >= 0.6 is 0 Å². The summed E-state index contributed by atoms with van der Waals surface area (Å²) in [6, 6.07) is 18.3. The van der Waals surface area contributed by atoms with Crippen molar-refractivity contribution in [2.75, 3.05) is 12.4 Å². The molecule has 1 saturated carbocycles. The number of methoxy groups -OCH3 is 1. The van der Waals surface area contributed by atoms with Crippen LogP contribution in [0.15, 0.2) is 60.7 Å². The first-order chi connectivity index (χ1) is 14.4. The van der Waals surface area contributed by atoms with Crippen LogP contribution in [-0.2, 0) is 10.2 Å². The van der Waals surface area contributed by atoms with E-state index in [4.69, 9.17) is 10.5 Å². The zero-order valence-electron chi connectivity index (χ0n) is 16.9. The Morgan fingerprint density at radius 2 is 1.70 bits per heavy atom. The lowest BCUT2D eigenvalue weighted by atomic mass is 9.95. The number of aromatic nitrogens is 1. The molecule has 0 atom stereocenters. The molecule has 4 rings (SSSR count). The Morgan fingerprint density at radius 1 is 1.03 bits per heavy atom. The van der Waals surface area contributed by atoms with Gasteiger partial charge < -0.3 is 15.8 Å². The molecule has 30 heavy (non-hydrogen) atoms. The summed E-state index contributed by atoms with van der Waals surface area (Å²) in [6.45, 7) is 1.95. The van der Waals surface area contributed by atoms with Crippen molar-refractivity contribution < 1.29 is 17.2 Å². The molecular weight excluding hydrogens is 378 g/mol. The second kappa shape index (κ2) is 7.63. The molecule has 6 nitrogen and oxygen atoms in total. The van der Waals surface area contributed by atoms with Gasteiger partial charge in [0.05, 0.1) is 18.2 Å². The standard InChI is InChI=1S/C24H23N3O3.2H2/c1-15-3-12-20(26-21(15)16-4-6-17(7-5-16)22(25)28)27-23(29)24(13-14-24)18-8-10-19(30-2)11-9-18;;/h3-12H,13-14H2,1-2H3,(H2,25,28)(H,26,27,29);2*1H. The van der Waals surface area contributed by atoms with Crippen LogP contribution in [0.1, 0.15) is 37.2 Å². The minimum absolute atomic E-state index is 0. The minimum atomic E-state index is -0.512. The van der Waals surface area contributed by atoms with Gasteiger partial charge in [0.25, 0.3) is 0 Å². The fourth-order valence-corrected chi connectivity index (χ4v) is 3.60. The Kier molecular flexibility index (Phi) is 4.99. The van der Waals surface area contributed by atoms with Crippen molar-refractivity contribution in [3.05, 3.63) is 77.4 Å². The number of hydrogen-bond donors (Lipinski definition) is 2. The number of benzene rings is 2. The number of ether oxygens (including phenoxy) is 1. The predicted octanol–water partition coefficient (Wildman–Crippen LogP) is 4.33. The van der Waals surface area contributed by atoms with Crippen molar-refractivity contribution >= 4 is 17.6 Å². The van der Waals surface area contributed by atoms with E-state index in [9.17, 15) is 9.59 Å². The summed E-state index contributed by atoms with van der Waals surface area (Å²) in [7, 11) is 1.62. The molecule has 1 heterocycles. The first-order valence-electron chi connectivity index (χ1n) is 9.77. The average Bonchev–Trinajstić information content (AvgIpc) is 3.57. The van der Waals surface area contributed by atoms with E-state index in [1.54, 1.807) is 37.4 Å². The molecule has 2 aromatic carbocycles. The van der Waals surface area contributed by atoms with Gasteiger partial charge in [-0.3, -0.25) is 9.59 Å². The molecule has 1 aliphatic carbocycles. The SMILES string of the molecule is COc1ccc(C2(C(=O)Nc3ccc(C)c(-c4ccc(C(N)=O)cc4)n3)CC2)cc1.[HH].[HH]. The highest BCUT2D eigenvalue weighted by Gasteiger charge is 2.51. The molecule has 0 radical (unpaired) electrons. The zero-order chi connectivity index (χ0) is 21.3. The van der Waals surface area contributed by atoms with Gasteiger partial charge in [-0.05, 0) is 61.2 Å². The number of primary amides is 1. The van der Waals surface area contributed by atoms with Gasteiger partial charge >= 0.3 is 0 Å². The summed E-state index contributed by atoms with van der Waals surface area (Å²) in [6.07, 6.45) is 1.61. The van der Waals surface area contributed by atoms with Crippen LogP contribution in [0.5, 0.6) is 5.75 Å². The predicted molar refractivity (Wildman–Crippen MR) is 120 cm³/mol. The summed E-state index contributed by atoms with van der Waals surface area (Å²) in [5.41, 5.74) is 8.79. The van der Waals surface area contributed by atoms with E-state index in [-0.39, 0.29) is 8.76 Å². The largest absolute Gasteiger partial charge is 0.497 e. The van der Waals surface area contributed by atoms with Gasteiger partial charge in [0, 0.05) is 14.0 Å².